The summed E-state index contributed by atoms with van der Waals surface area (Å²) in [6, 6.07) is 9.24. The molecule has 2 aromatic carbocycles. The molecule has 0 aliphatic heterocycles. The number of benzene rings is 2. The summed E-state index contributed by atoms with van der Waals surface area (Å²) in [5.74, 6) is -1.35. The number of rotatable bonds is 1. The number of fused-ring (bicyclic) bond motifs is 1. The fourth-order valence-corrected chi connectivity index (χ4v) is 1.65. The first-order valence-electron chi connectivity index (χ1n) is 4.92. The zero-order valence-electron chi connectivity index (χ0n) is 9.24. The Labute approximate surface area is 109 Å². The van der Waals surface area contributed by atoms with Gasteiger partial charge in [0.25, 0.3) is 5.91 Å². The molecule has 0 unspecified atom stereocenters. The molecule has 0 aliphatic carbocycles. The van der Waals surface area contributed by atoms with Crippen LogP contribution in [0.4, 0.5) is 4.39 Å². The van der Waals surface area contributed by atoms with Crippen LogP contribution in [0.2, 0.25) is 0 Å². The highest BCUT2D eigenvalue weighted by molar-refractivity contribution is 6.12. The quantitative estimate of drug-likeness (QED) is 0.546. The van der Waals surface area contributed by atoms with Crippen molar-refractivity contribution in [2.24, 2.45) is 5.73 Å². The molecule has 0 spiro atoms. The summed E-state index contributed by atoms with van der Waals surface area (Å²) < 4.78 is 13.5. The molecule has 94 valence electrons. The maximum atomic E-state index is 13.5. The van der Waals surface area contributed by atoms with Crippen molar-refractivity contribution in [3.63, 3.8) is 0 Å². The number of nitrogens with one attached hydrogen (secondary N) is 2. The van der Waals surface area contributed by atoms with Crippen LogP contribution in [0, 0.1) is 11.2 Å². The zero-order valence-corrected chi connectivity index (χ0v) is 10.1. The van der Waals surface area contributed by atoms with Gasteiger partial charge in [-0.25, -0.2) is 4.39 Å². The molecule has 0 heterocycles. The van der Waals surface area contributed by atoms with Gasteiger partial charge in [0, 0.05) is 10.9 Å². The summed E-state index contributed by atoms with van der Waals surface area (Å²) in [6.45, 7) is 0. The molecule has 2 aromatic rings. The molecule has 2 rings (SSSR count). The van der Waals surface area contributed by atoms with Gasteiger partial charge in [0.05, 0.1) is 0 Å². The number of hydrogen-bond acceptors (Lipinski definition) is 2. The largest absolute Gasteiger partial charge is 0.370 e. The van der Waals surface area contributed by atoms with Gasteiger partial charge in [0.1, 0.15) is 5.82 Å². The van der Waals surface area contributed by atoms with E-state index < -0.39 is 11.9 Å². The van der Waals surface area contributed by atoms with Gasteiger partial charge in [0.15, 0.2) is 5.96 Å². The second kappa shape index (κ2) is 5.46. The van der Waals surface area contributed by atoms with Crippen molar-refractivity contribution in [2.75, 3.05) is 0 Å². The van der Waals surface area contributed by atoms with Crippen molar-refractivity contribution in [3.8, 4) is 0 Å². The lowest BCUT2D eigenvalue weighted by Crippen LogP contribution is -2.35. The van der Waals surface area contributed by atoms with E-state index >= 15 is 0 Å². The third-order valence-corrected chi connectivity index (χ3v) is 2.36. The lowest BCUT2D eigenvalue weighted by Gasteiger charge is -2.07. The third kappa shape index (κ3) is 2.57. The fraction of sp³-hybridized carbons (Fsp3) is 0. The molecular formula is C12H11ClFN3O. The second-order valence-corrected chi connectivity index (χ2v) is 3.51. The van der Waals surface area contributed by atoms with Crippen molar-refractivity contribution in [2.45, 2.75) is 0 Å². The molecule has 0 radical (unpaired) electrons. The average molecular weight is 268 g/mol. The van der Waals surface area contributed by atoms with E-state index in [1.54, 1.807) is 24.3 Å². The highest BCUT2D eigenvalue weighted by atomic mass is 35.5. The van der Waals surface area contributed by atoms with Crippen LogP contribution in [-0.2, 0) is 0 Å². The van der Waals surface area contributed by atoms with Gasteiger partial charge in [-0.15, -0.1) is 12.4 Å². The topological polar surface area (TPSA) is 79.0 Å². The highest BCUT2D eigenvalue weighted by Gasteiger charge is 2.12. The first-order valence-corrected chi connectivity index (χ1v) is 4.92. The highest BCUT2D eigenvalue weighted by Crippen LogP contribution is 2.21. The van der Waals surface area contributed by atoms with Crippen LogP contribution >= 0.6 is 12.4 Å². The van der Waals surface area contributed by atoms with Crippen LogP contribution < -0.4 is 11.1 Å². The molecule has 6 heteroatoms. The monoisotopic (exact) mass is 267 g/mol. The molecule has 0 fully saturated rings. The molecular weight excluding hydrogens is 257 g/mol. The molecule has 0 aliphatic rings. The van der Waals surface area contributed by atoms with Gasteiger partial charge in [0.2, 0.25) is 0 Å². The number of guanidine groups is 1. The van der Waals surface area contributed by atoms with Gasteiger partial charge in [-0.1, -0.05) is 24.3 Å². The molecule has 0 aromatic heterocycles. The molecule has 0 saturated heterocycles. The number of nitrogens with two attached hydrogens (primary N) is 1. The van der Waals surface area contributed by atoms with Crippen LogP contribution in [0.5, 0.6) is 0 Å². The SMILES string of the molecule is Cl.N=C(N)NC(=O)c1ccc(F)c2ccccc12. The minimum atomic E-state index is -0.520. The molecule has 0 atom stereocenters. The minimum absolute atomic E-state index is 0. The Bertz CT molecular complexity index is 615. The predicted octanol–water partition coefficient (Wildman–Crippen LogP) is 2.02. The van der Waals surface area contributed by atoms with Crippen LogP contribution in [0.15, 0.2) is 36.4 Å². The Morgan fingerprint density at radius 2 is 1.78 bits per heavy atom. The van der Waals surface area contributed by atoms with E-state index in [1.165, 1.54) is 12.1 Å². The Morgan fingerprint density at radius 1 is 1.17 bits per heavy atom. The Balaban J connectivity index is 0.00000162. The van der Waals surface area contributed by atoms with Gasteiger partial charge in [-0.2, -0.15) is 0 Å². The summed E-state index contributed by atoms with van der Waals surface area (Å²) in [7, 11) is 0. The number of amides is 1. The smallest absolute Gasteiger partial charge is 0.258 e. The molecule has 18 heavy (non-hydrogen) atoms. The van der Waals surface area contributed by atoms with Crippen molar-refractivity contribution in [3.05, 3.63) is 47.8 Å². The standard InChI is InChI=1S/C12H10FN3O.ClH/c13-10-6-5-9(11(17)16-12(14)15)7-3-1-2-4-8(7)10;/h1-6H,(H4,14,15,16,17);1H. The van der Waals surface area contributed by atoms with E-state index in [4.69, 9.17) is 11.1 Å². The van der Waals surface area contributed by atoms with Crippen molar-refractivity contribution in [1.29, 1.82) is 5.41 Å². The molecule has 4 N–H and O–H groups in total. The van der Waals surface area contributed by atoms with E-state index in [0.717, 1.165) is 0 Å². The Morgan fingerprint density at radius 3 is 2.39 bits per heavy atom. The molecule has 4 nitrogen and oxygen atoms in total. The third-order valence-electron chi connectivity index (χ3n) is 2.36. The number of hydrogen-bond donors (Lipinski definition) is 3. The maximum absolute atomic E-state index is 13.5. The molecule has 1 amide bonds. The molecule has 0 bridgehead atoms. The van der Waals surface area contributed by atoms with E-state index in [9.17, 15) is 9.18 Å². The normalized spacial score (nSPS) is 9.61. The predicted molar refractivity (Wildman–Crippen MR) is 70.5 cm³/mol. The summed E-state index contributed by atoms with van der Waals surface area (Å²) in [5, 5.41) is 10.0. The Hall–Kier alpha value is -2.14. The number of carbonyl (C=O) groups excluding carboxylic acids is 1. The number of carbonyl (C=O) groups is 1. The van der Waals surface area contributed by atoms with Crippen LogP contribution in [0.1, 0.15) is 10.4 Å². The van der Waals surface area contributed by atoms with Gasteiger partial charge in [-0.3, -0.25) is 15.5 Å². The van der Waals surface area contributed by atoms with E-state index in [-0.39, 0.29) is 23.8 Å². The first-order chi connectivity index (χ1) is 8.09. The van der Waals surface area contributed by atoms with E-state index in [1.807, 2.05) is 0 Å². The lowest BCUT2D eigenvalue weighted by molar-refractivity contribution is 0.0978. The lowest BCUT2D eigenvalue weighted by atomic mass is 10.0. The average Bonchev–Trinajstić information content (AvgIpc) is 2.29. The zero-order chi connectivity index (χ0) is 12.4. The van der Waals surface area contributed by atoms with Crippen molar-refractivity contribution < 1.29 is 9.18 Å². The fourth-order valence-electron chi connectivity index (χ4n) is 1.65. The summed E-state index contributed by atoms with van der Waals surface area (Å²) in [5.41, 5.74) is 5.37. The van der Waals surface area contributed by atoms with Crippen molar-refractivity contribution >= 4 is 35.0 Å². The van der Waals surface area contributed by atoms with Gasteiger partial charge >= 0.3 is 0 Å². The second-order valence-electron chi connectivity index (χ2n) is 3.51. The summed E-state index contributed by atoms with van der Waals surface area (Å²) in [4.78, 5) is 11.7. The van der Waals surface area contributed by atoms with E-state index in [0.29, 0.717) is 10.8 Å². The van der Waals surface area contributed by atoms with Crippen LogP contribution in [0.25, 0.3) is 10.8 Å². The van der Waals surface area contributed by atoms with Gasteiger partial charge in [-0.05, 0) is 17.5 Å². The van der Waals surface area contributed by atoms with Crippen molar-refractivity contribution in [1.82, 2.24) is 5.32 Å². The summed E-state index contributed by atoms with van der Waals surface area (Å²) in [6.07, 6.45) is 0. The summed E-state index contributed by atoms with van der Waals surface area (Å²) >= 11 is 0. The first kappa shape index (κ1) is 13.9. The molecule has 0 saturated carbocycles. The van der Waals surface area contributed by atoms with E-state index in [2.05, 4.69) is 5.32 Å². The minimum Gasteiger partial charge on any atom is -0.370 e. The van der Waals surface area contributed by atoms with Crippen LogP contribution in [0.3, 0.4) is 0 Å². The number of halogens is 2. The maximum Gasteiger partial charge on any atom is 0.258 e. The van der Waals surface area contributed by atoms with Gasteiger partial charge < -0.3 is 5.73 Å². The van der Waals surface area contributed by atoms with Crippen LogP contribution in [-0.4, -0.2) is 11.9 Å². The Kier molecular flexibility index (Phi) is 4.23.